The van der Waals surface area contributed by atoms with Crippen LogP contribution in [0.4, 0.5) is 8.78 Å². The number of halogens is 2. The number of fused-ring (bicyclic) bond motifs is 1. The highest BCUT2D eigenvalue weighted by atomic mass is 19.2. The number of aromatic hydroxyl groups is 1. The highest BCUT2D eigenvalue weighted by molar-refractivity contribution is 5.90. The fraction of sp³-hybridized carbons (Fsp3) is 0.375. The first-order valence-electron chi connectivity index (χ1n) is 10.6. The lowest BCUT2D eigenvalue weighted by molar-refractivity contribution is -0.145. The van der Waals surface area contributed by atoms with Crippen molar-refractivity contribution >= 4 is 16.9 Å². The van der Waals surface area contributed by atoms with Gasteiger partial charge in [-0.15, -0.1) is 0 Å². The molecule has 0 spiro atoms. The van der Waals surface area contributed by atoms with Gasteiger partial charge in [0.05, 0.1) is 11.4 Å². The SMILES string of the molecule is O=C(O)[C@H]1C[C@@H](c2c(C3CCOCC3)n(-c3ccc(F)c(F)c3)c3ccc(O)cc32)C1. The zero-order valence-electron chi connectivity index (χ0n) is 16.9. The van der Waals surface area contributed by atoms with E-state index >= 15 is 0 Å². The Morgan fingerprint density at radius 2 is 1.74 bits per heavy atom. The standard InChI is InChI=1S/C24H23F2NO4/c25-19-3-1-16(11-20(19)26)27-21-4-2-17(28)12-18(21)22(14-9-15(10-14)24(29)30)23(27)13-5-7-31-8-6-13/h1-4,11-15,28H,5-10H2,(H,29,30)/t14-,15+. The summed E-state index contributed by atoms with van der Waals surface area (Å²) in [5, 5.41) is 20.4. The molecule has 0 unspecified atom stereocenters. The molecule has 1 saturated carbocycles. The summed E-state index contributed by atoms with van der Waals surface area (Å²) >= 11 is 0. The minimum absolute atomic E-state index is 0.0368. The van der Waals surface area contributed by atoms with Gasteiger partial charge in [-0.05, 0) is 67.5 Å². The van der Waals surface area contributed by atoms with Gasteiger partial charge in [-0.3, -0.25) is 4.79 Å². The number of hydrogen-bond acceptors (Lipinski definition) is 3. The predicted molar refractivity (Wildman–Crippen MR) is 111 cm³/mol. The normalized spacial score (nSPS) is 21.9. The van der Waals surface area contributed by atoms with Crippen LogP contribution in [0, 0.1) is 17.6 Å². The van der Waals surface area contributed by atoms with Crippen molar-refractivity contribution in [3.05, 3.63) is 59.3 Å². The minimum atomic E-state index is -0.924. The molecule has 5 rings (SSSR count). The van der Waals surface area contributed by atoms with Crippen LogP contribution in [0.15, 0.2) is 36.4 Å². The van der Waals surface area contributed by atoms with Crippen molar-refractivity contribution in [2.75, 3.05) is 13.2 Å². The molecule has 0 bridgehead atoms. The first kappa shape index (κ1) is 20.0. The van der Waals surface area contributed by atoms with E-state index < -0.39 is 17.6 Å². The lowest BCUT2D eigenvalue weighted by Gasteiger charge is -2.35. The van der Waals surface area contributed by atoms with Gasteiger partial charge in [-0.25, -0.2) is 8.78 Å². The Morgan fingerprint density at radius 3 is 2.42 bits per heavy atom. The van der Waals surface area contributed by atoms with E-state index in [-0.39, 0.29) is 23.5 Å². The maximum atomic E-state index is 14.2. The largest absolute Gasteiger partial charge is 0.508 e. The fourth-order valence-corrected chi connectivity index (χ4v) is 5.08. The number of carboxylic acid groups (broad SMARTS) is 1. The Balaban J connectivity index is 1.76. The maximum absolute atomic E-state index is 14.2. The summed E-state index contributed by atoms with van der Waals surface area (Å²) in [6, 6.07) is 8.92. The van der Waals surface area contributed by atoms with Crippen LogP contribution < -0.4 is 0 Å². The van der Waals surface area contributed by atoms with E-state index in [1.165, 1.54) is 6.07 Å². The van der Waals surface area contributed by atoms with E-state index in [1.807, 2.05) is 4.57 Å². The van der Waals surface area contributed by atoms with Gasteiger partial charge >= 0.3 is 5.97 Å². The molecule has 31 heavy (non-hydrogen) atoms. The summed E-state index contributed by atoms with van der Waals surface area (Å²) in [5.41, 5.74) is 3.30. The Morgan fingerprint density at radius 1 is 1.00 bits per heavy atom. The van der Waals surface area contributed by atoms with E-state index in [2.05, 4.69) is 0 Å². The van der Waals surface area contributed by atoms with E-state index in [1.54, 1.807) is 24.3 Å². The molecule has 3 aromatic rings. The number of phenolic OH excluding ortho intramolecular Hbond substituents is 1. The van der Waals surface area contributed by atoms with Crippen molar-refractivity contribution in [3.8, 4) is 11.4 Å². The van der Waals surface area contributed by atoms with Crippen molar-refractivity contribution in [3.63, 3.8) is 0 Å². The third-order valence-corrected chi connectivity index (χ3v) is 6.69. The zero-order chi connectivity index (χ0) is 21.7. The molecule has 0 atom stereocenters. The summed E-state index contributed by atoms with van der Waals surface area (Å²) in [7, 11) is 0. The van der Waals surface area contributed by atoms with Crippen LogP contribution in [0.25, 0.3) is 16.6 Å². The topological polar surface area (TPSA) is 71.7 Å². The predicted octanol–water partition coefficient (Wildman–Crippen LogP) is 5.09. The summed E-state index contributed by atoms with van der Waals surface area (Å²) in [6.45, 7) is 1.22. The molecular formula is C24H23F2NO4. The number of benzene rings is 2. The molecule has 7 heteroatoms. The molecule has 0 radical (unpaired) electrons. The van der Waals surface area contributed by atoms with Crippen LogP contribution in [0.3, 0.4) is 0 Å². The van der Waals surface area contributed by atoms with Crippen molar-refractivity contribution in [2.45, 2.75) is 37.5 Å². The van der Waals surface area contributed by atoms with E-state index in [0.717, 1.165) is 41.1 Å². The van der Waals surface area contributed by atoms with Crippen molar-refractivity contribution in [2.24, 2.45) is 5.92 Å². The van der Waals surface area contributed by atoms with Crippen LogP contribution >= 0.6 is 0 Å². The highest BCUT2D eigenvalue weighted by Crippen LogP contribution is 2.50. The third-order valence-electron chi connectivity index (χ3n) is 6.69. The monoisotopic (exact) mass is 427 g/mol. The second-order valence-corrected chi connectivity index (χ2v) is 8.52. The lowest BCUT2D eigenvalue weighted by atomic mass is 9.69. The Bertz CT molecular complexity index is 1160. The summed E-state index contributed by atoms with van der Waals surface area (Å²) in [6.07, 6.45) is 2.62. The number of carbonyl (C=O) groups is 1. The molecule has 1 aliphatic heterocycles. The molecule has 1 aromatic heterocycles. The average molecular weight is 427 g/mol. The number of nitrogens with zero attached hydrogens (tertiary/aromatic N) is 1. The zero-order valence-corrected chi connectivity index (χ0v) is 16.9. The van der Waals surface area contributed by atoms with Crippen LogP contribution in [-0.4, -0.2) is 34.0 Å². The molecule has 1 saturated heterocycles. The number of rotatable bonds is 4. The summed E-state index contributed by atoms with van der Waals surface area (Å²) in [5.74, 6) is -2.72. The number of ether oxygens (including phenoxy) is 1. The van der Waals surface area contributed by atoms with Gasteiger partial charge in [0.15, 0.2) is 11.6 Å². The molecule has 2 fully saturated rings. The van der Waals surface area contributed by atoms with Gasteiger partial charge in [-0.1, -0.05) is 0 Å². The number of phenols is 1. The van der Waals surface area contributed by atoms with Gasteiger partial charge in [0.1, 0.15) is 5.75 Å². The maximum Gasteiger partial charge on any atom is 0.306 e. The quantitative estimate of drug-likeness (QED) is 0.609. The number of carboxylic acids is 1. The molecule has 2 aliphatic rings. The molecule has 162 valence electrons. The second-order valence-electron chi connectivity index (χ2n) is 8.52. The Hall–Kier alpha value is -2.93. The Kier molecular flexibility index (Phi) is 4.93. The third kappa shape index (κ3) is 3.37. The second kappa shape index (κ2) is 7.64. The van der Waals surface area contributed by atoms with Crippen LogP contribution in [-0.2, 0) is 9.53 Å². The van der Waals surface area contributed by atoms with E-state index in [9.17, 15) is 23.8 Å². The van der Waals surface area contributed by atoms with Gasteiger partial charge in [0.2, 0.25) is 0 Å². The van der Waals surface area contributed by atoms with Crippen LogP contribution in [0.2, 0.25) is 0 Å². The van der Waals surface area contributed by atoms with Gasteiger partial charge < -0.3 is 19.5 Å². The van der Waals surface area contributed by atoms with Crippen molar-refractivity contribution in [1.82, 2.24) is 4.57 Å². The lowest BCUT2D eigenvalue weighted by Crippen LogP contribution is -2.30. The molecule has 5 nitrogen and oxygen atoms in total. The fourth-order valence-electron chi connectivity index (χ4n) is 5.08. The molecule has 2 heterocycles. The first-order valence-corrected chi connectivity index (χ1v) is 10.6. The summed E-state index contributed by atoms with van der Waals surface area (Å²) < 4.78 is 35.3. The number of hydrogen-bond donors (Lipinski definition) is 2. The highest BCUT2D eigenvalue weighted by Gasteiger charge is 2.40. The smallest absolute Gasteiger partial charge is 0.306 e. The molecule has 2 aromatic carbocycles. The molecule has 0 amide bonds. The number of aromatic nitrogens is 1. The van der Waals surface area contributed by atoms with Gasteiger partial charge in [-0.2, -0.15) is 0 Å². The molecular weight excluding hydrogens is 404 g/mol. The van der Waals surface area contributed by atoms with Crippen LogP contribution in [0.1, 0.15) is 48.8 Å². The minimum Gasteiger partial charge on any atom is -0.508 e. The van der Waals surface area contributed by atoms with E-state index in [0.29, 0.717) is 31.7 Å². The molecule has 1 aliphatic carbocycles. The summed E-state index contributed by atoms with van der Waals surface area (Å²) in [4.78, 5) is 11.4. The van der Waals surface area contributed by atoms with Crippen LogP contribution in [0.5, 0.6) is 5.75 Å². The van der Waals surface area contributed by atoms with E-state index in [4.69, 9.17) is 4.74 Å². The van der Waals surface area contributed by atoms with Crippen molar-refractivity contribution < 1.29 is 28.5 Å². The average Bonchev–Trinajstić information content (AvgIpc) is 3.03. The number of aliphatic carboxylic acids is 1. The first-order chi connectivity index (χ1) is 14.9. The van der Waals surface area contributed by atoms with Gasteiger partial charge in [0.25, 0.3) is 0 Å². The molecule has 2 N–H and O–H groups in total. The van der Waals surface area contributed by atoms with Gasteiger partial charge in [0, 0.05) is 42.0 Å². The Labute approximate surface area is 177 Å². The van der Waals surface area contributed by atoms with Crippen molar-refractivity contribution in [1.29, 1.82) is 0 Å².